The lowest BCUT2D eigenvalue weighted by atomic mass is 10.2. The van der Waals surface area contributed by atoms with E-state index in [-0.39, 0.29) is 0 Å². The highest BCUT2D eigenvalue weighted by Crippen LogP contribution is 2.28. The van der Waals surface area contributed by atoms with Gasteiger partial charge in [0.25, 0.3) is 0 Å². The molecule has 0 aliphatic rings. The van der Waals surface area contributed by atoms with E-state index in [0.29, 0.717) is 0 Å². The molecule has 21 heavy (non-hydrogen) atoms. The quantitative estimate of drug-likeness (QED) is 0.882. The van der Waals surface area contributed by atoms with Crippen molar-refractivity contribution in [1.82, 2.24) is 0 Å². The van der Waals surface area contributed by atoms with Crippen LogP contribution >= 0.6 is 0 Å². The fourth-order valence-electron chi connectivity index (χ4n) is 2.07. The van der Waals surface area contributed by atoms with E-state index in [2.05, 4.69) is 34.5 Å². The van der Waals surface area contributed by atoms with Gasteiger partial charge >= 0.3 is 0 Å². The molecule has 4 nitrogen and oxygen atoms in total. The van der Waals surface area contributed by atoms with Crippen molar-refractivity contribution < 1.29 is 9.47 Å². The zero-order valence-electron chi connectivity index (χ0n) is 13.0. The summed E-state index contributed by atoms with van der Waals surface area (Å²) in [7, 11) is 7.36. The number of anilines is 2. The molecule has 0 aliphatic carbocycles. The summed E-state index contributed by atoms with van der Waals surface area (Å²) in [5, 5.41) is 3.40. The molecule has 2 rings (SSSR count). The number of benzene rings is 2. The summed E-state index contributed by atoms with van der Waals surface area (Å²) in [6, 6.07) is 14.3. The average molecular weight is 286 g/mol. The van der Waals surface area contributed by atoms with E-state index in [1.165, 1.54) is 5.69 Å². The third kappa shape index (κ3) is 3.81. The van der Waals surface area contributed by atoms with Crippen molar-refractivity contribution in [2.75, 3.05) is 38.5 Å². The number of rotatable bonds is 6. The van der Waals surface area contributed by atoms with Crippen LogP contribution in [0.3, 0.4) is 0 Å². The number of hydrogen-bond donors (Lipinski definition) is 1. The van der Waals surface area contributed by atoms with Crippen molar-refractivity contribution in [1.29, 1.82) is 0 Å². The Balaban J connectivity index is 2.02. The fourth-order valence-corrected chi connectivity index (χ4v) is 2.07. The second-order valence-corrected chi connectivity index (χ2v) is 4.98. The fraction of sp³-hybridized carbons (Fsp3) is 0.294. The minimum atomic E-state index is 0.738. The molecule has 0 aliphatic heterocycles. The van der Waals surface area contributed by atoms with Crippen LogP contribution in [0.5, 0.6) is 11.5 Å². The van der Waals surface area contributed by atoms with Crippen LogP contribution in [0, 0.1) is 0 Å². The molecular weight excluding hydrogens is 264 g/mol. The van der Waals surface area contributed by atoms with Crippen LogP contribution < -0.4 is 19.7 Å². The molecule has 4 heteroatoms. The Bertz CT molecular complexity index is 580. The van der Waals surface area contributed by atoms with E-state index in [9.17, 15) is 0 Å². The normalized spacial score (nSPS) is 10.1. The second-order valence-electron chi connectivity index (χ2n) is 4.98. The number of nitrogens with zero attached hydrogens (tertiary/aromatic N) is 1. The van der Waals surface area contributed by atoms with Crippen LogP contribution in [-0.4, -0.2) is 28.3 Å². The lowest BCUT2D eigenvalue weighted by molar-refractivity contribution is 0.354. The first-order chi connectivity index (χ1) is 10.1. The maximum absolute atomic E-state index is 5.31. The molecule has 0 saturated carbocycles. The van der Waals surface area contributed by atoms with Gasteiger partial charge < -0.3 is 19.7 Å². The minimum absolute atomic E-state index is 0.738. The summed E-state index contributed by atoms with van der Waals surface area (Å²) in [6.45, 7) is 0.738. The molecule has 1 N–H and O–H groups in total. The Kier molecular flexibility index (Phi) is 4.93. The molecule has 2 aromatic carbocycles. The highest BCUT2D eigenvalue weighted by Gasteiger charge is 2.04. The monoisotopic (exact) mass is 286 g/mol. The van der Waals surface area contributed by atoms with Crippen molar-refractivity contribution in [3.63, 3.8) is 0 Å². The van der Waals surface area contributed by atoms with Gasteiger partial charge in [0.2, 0.25) is 0 Å². The Morgan fingerprint density at radius 1 is 0.905 bits per heavy atom. The van der Waals surface area contributed by atoms with Gasteiger partial charge in [0.15, 0.2) is 11.5 Å². The molecule has 0 saturated heterocycles. The van der Waals surface area contributed by atoms with E-state index in [1.54, 1.807) is 14.2 Å². The summed E-state index contributed by atoms with van der Waals surface area (Å²) >= 11 is 0. The van der Waals surface area contributed by atoms with Gasteiger partial charge in [0, 0.05) is 32.0 Å². The first kappa shape index (κ1) is 15.0. The minimum Gasteiger partial charge on any atom is -0.493 e. The topological polar surface area (TPSA) is 33.7 Å². The molecule has 0 fully saturated rings. The SMILES string of the molecule is COc1ccc(CNc2ccc(N(C)C)cc2)cc1OC. The molecule has 0 unspecified atom stereocenters. The summed E-state index contributed by atoms with van der Waals surface area (Å²) in [5.41, 5.74) is 3.42. The van der Waals surface area contributed by atoms with E-state index in [4.69, 9.17) is 9.47 Å². The molecule has 0 spiro atoms. The molecule has 112 valence electrons. The third-order valence-electron chi connectivity index (χ3n) is 3.33. The largest absolute Gasteiger partial charge is 0.493 e. The molecule has 0 heterocycles. The third-order valence-corrected chi connectivity index (χ3v) is 3.33. The highest BCUT2D eigenvalue weighted by molar-refractivity contribution is 5.54. The van der Waals surface area contributed by atoms with Gasteiger partial charge in [-0.1, -0.05) is 6.07 Å². The van der Waals surface area contributed by atoms with Gasteiger partial charge in [-0.2, -0.15) is 0 Å². The van der Waals surface area contributed by atoms with Crippen molar-refractivity contribution >= 4 is 11.4 Å². The zero-order chi connectivity index (χ0) is 15.2. The van der Waals surface area contributed by atoms with Gasteiger partial charge in [-0.3, -0.25) is 0 Å². The predicted octanol–water partition coefficient (Wildman–Crippen LogP) is 3.38. The summed E-state index contributed by atoms with van der Waals surface area (Å²) in [5.74, 6) is 1.50. The smallest absolute Gasteiger partial charge is 0.161 e. The first-order valence-corrected chi connectivity index (χ1v) is 6.86. The van der Waals surface area contributed by atoms with Gasteiger partial charge in [-0.05, 0) is 42.0 Å². The average Bonchev–Trinajstić information content (AvgIpc) is 2.52. The van der Waals surface area contributed by atoms with Crippen molar-refractivity contribution in [2.24, 2.45) is 0 Å². The van der Waals surface area contributed by atoms with Gasteiger partial charge in [0.05, 0.1) is 14.2 Å². The molecule has 0 radical (unpaired) electrons. The molecule has 2 aromatic rings. The number of nitrogens with one attached hydrogen (secondary N) is 1. The van der Waals surface area contributed by atoms with E-state index in [0.717, 1.165) is 29.3 Å². The lowest BCUT2D eigenvalue weighted by Crippen LogP contribution is -2.08. The van der Waals surface area contributed by atoms with Gasteiger partial charge in [-0.15, -0.1) is 0 Å². The van der Waals surface area contributed by atoms with Crippen LogP contribution in [0.4, 0.5) is 11.4 Å². The van der Waals surface area contributed by atoms with Crippen LogP contribution in [0.25, 0.3) is 0 Å². The number of hydrogen-bond acceptors (Lipinski definition) is 4. The van der Waals surface area contributed by atoms with Crippen LogP contribution in [0.1, 0.15) is 5.56 Å². The maximum atomic E-state index is 5.31. The second kappa shape index (κ2) is 6.88. The molecule has 0 amide bonds. The van der Waals surface area contributed by atoms with Crippen LogP contribution in [0.2, 0.25) is 0 Å². The molecule has 0 atom stereocenters. The van der Waals surface area contributed by atoms with Crippen LogP contribution in [0.15, 0.2) is 42.5 Å². The summed E-state index contributed by atoms with van der Waals surface area (Å²) in [4.78, 5) is 2.08. The standard InChI is InChI=1S/C17H22N2O2/c1-19(2)15-8-6-14(7-9-15)18-12-13-5-10-16(20-3)17(11-13)21-4/h5-11,18H,12H2,1-4H3. The van der Waals surface area contributed by atoms with Gasteiger partial charge in [0.1, 0.15) is 0 Å². The Morgan fingerprint density at radius 3 is 2.14 bits per heavy atom. The van der Waals surface area contributed by atoms with Crippen molar-refractivity contribution in [3.05, 3.63) is 48.0 Å². The Labute approximate surface area is 126 Å². The number of ether oxygens (including phenoxy) is 2. The van der Waals surface area contributed by atoms with E-state index in [1.807, 2.05) is 32.3 Å². The molecule has 0 aromatic heterocycles. The van der Waals surface area contributed by atoms with Crippen molar-refractivity contribution in [2.45, 2.75) is 6.54 Å². The first-order valence-electron chi connectivity index (χ1n) is 6.86. The van der Waals surface area contributed by atoms with Crippen molar-refractivity contribution in [3.8, 4) is 11.5 Å². The number of methoxy groups -OCH3 is 2. The summed E-state index contributed by atoms with van der Waals surface area (Å²) in [6.07, 6.45) is 0. The zero-order valence-corrected chi connectivity index (χ0v) is 13.0. The lowest BCUT2D eigenvalue weighted by Gasteiger charge is -2.14. The van der Waals surface area contributed by atoms with Gasteiger partial charge in [-0.25, -0.2) is 0 Å². The van der Waals surface area contributed by atoms with E-state index < -0.39 is 0 Å². The molecular formula is C17H22N2O2. The maximum Gasteiger partial charge on any atom is 0.161 e. The predicted molar refractivity (Wildman–Crippen MR) is 87.6 cm³/mol. The van der Waals surface area contributed by atoms with Crippen LogP contribution in [-0.2, 0) is 6.54 Å². The van der Waals surface area contributed by atoms with E-state index >= 15 is 0 Å². The summed E-state index contributed by atoms with van der Waals surface area (Å²) < 4.78 is 10.6. The highest BCUT2D eigenvalue weighted by atomic mass is 16.5. The molecule has 0 bridgehead atoms. The Hall–Kier alpha value is -2.36. The Morgan fingerprint density at radius 2 is 1.57 bits per heavy atom.